The van der Waals surface area contributed by atoms with Gasteiger partial charge in [0.1, 0.15) is 16.5 Å². The van der Waals surface area contributed by atoms with Crippen LogP contribution in [0.4, 0.5) is 4.39 Å². The zero-order valence-electron chi connectivity index (χ0n) is 18.5. The monoisotopic (exact) mass is 469 g/mol. The third-order valence-corrected chi connectivity index (χ3v) is 6.21. The van der Waals surface area contributed by atoms with Crippen molar-refractivity contribution in [3.8, 4) is 5.69 Å². The summed E-state index contributed by atoms with van der Waals surface area (Å²) in [5.41, 5.74) is 4.66. The SMILES string of the molecule is Cc1nn(-c2ccc(F)cc2)c(Cl)c1C(=O)OCC(=O)N[C@@H](C)c1ccc2c(c1)CCCC2. The van der Waals surface area contributed by atoms with Gasteiger partial charge in [-0.1, -0.05) is 29.8 Å². The number of ether oxygens (including phenoxy) is 1. The molecule has 0 saturated heterocycles. The van der Waals surface area contributed by atoms with Crippen LogP contribution < -0.4 is 5.32 Å². The number of fused-ring (bicyclic) bond motifs is 1. The topological polar surface area (TPSA) is 73.2 Å². The second-order valence-electron chi connectivity index (χ2n) is 8.24. The van der Waals surface area contributed by atoms with E-state index in [1.54, 1.807) is 6.92 Å². The molecule has 1 aliphatic carbocycles. The van der Waals surface area contributed by atoms with Gasteiger partial charge in [-0.2, -0.15) is 5.10 Å². The maximum Gasteiger partial charge on any atom is 0.343 e. The van der Waals surface area contributed by atoms with Crippen LogP contribution in [0.15, 0.2) is 42.5 Å². The smallest absolute Gasteiger partial charge is 0.343 e. The van der Waals surface area contributed by atoms with E-state index in [0.717, 1.165) is 18.4 Å². The minimum absolute atomic E-state index is 0.0342. The van der Waals surface area contributed by atoms with Crippen molar-refractivity contribution in [3.63, 3.8) is 0 Å². The van der Waals surface area contributed by atoms with Crippen molar-refractivity contribution in [1.82, 2.24) is 15.1 Å². The Hall–Kier alpha value is -3.19. The number of amides is 1. The molecule has 3 aromatic rings. The van der Waals surface area contributed by atoms with Crippen molar-refractivity contribution in [1.29, 1.82) is 0 Å². The van der Waals surface area contributed by atoms with E-state index < -0.39 is 24.3 Å². The highest BCUT2D eigenvalue weighted by Gasteiger charge is 2.23. The maximum atomic E-state index is 13.2. The zero-order chi connectivity index (χ0) is 23.5. The first kappa shape index (κ1) is 23.0. The Kier molecular flexibility index (Phi) is 6.79. The first-order chi connectivity index (χ1) is 15.8. The number of hydrogen-bond donors (Lipinski definition) is 1. The molecule has 33 heavy (non-hydrogen) atoms. The van der Waals surface area contributed by atoms with Gasteiger partial charge < -0.3 is 10.1 Å². The number of benzene rings is 2. The lowest BCUT2D eigenvalue weighted by molar-refractivity contribution is -0.124. The van der Waals surface area contributed by atoms with E-state index in [9.17, 15) is 14.0 Å². The number of halogens is 2. The summed E-state index contributed by atoms with van der Waals surface area (Å²) in [4.78, 5) is 25.0. The minimum atomic E-state index is -0.748. The summed E-state index contributed by atoms with van der Waals surface area (Å²) < 4.78 is 19.7. The molecule has 4 rings (SSSR count). The lowest BCUT2D eigenvalue weighted by atomic mass is 9.89. The molecule has 6 nitrogen and oxygen atoms in total. The van der Waals surface area contributed by atoms with Crippen molar-refractivity contribution in [2.24, 2.45) is 0 Å². The van der Waals surface area contributed by atoms with E-state index >= 15 is 0 Å². The predicted octanol–water partition coefficient (Wildman–Crippen LogP) is 4.89. The lowest BCUT2D eigenvalue weighted by Crippen LogP contribution is -2.31. The number of hydrogen-bond acceptors (Lipinski definition) is 4. The minimum Gasteiger partial charge on any atom is -0.452 e. The summed E-state index contributed by atoms with van der Waals surface area (Å²) in [6.45, 7) is 3.07. The molecule has 8 heteroatoms. The normalized spacial score (nSPS) is 13.8. The molecule has 0 fully saturated rings. The van der Waals surface area contributed by atoms with Gasteiger partial charge in [-0.05, 0) is 80.5 Å². The van der Waals surface area contributed by atoms with Crippen LogP contribution in [0.25, 0.3) is 5.69 Å². The summed E-state index contributed by atoms with van der Waals surface area (Å²) in [5, 5.41) is 7.15. The van der Waals surface area contributed by atoms with Crippen molar-refractivity contribution in [2.45, 2.75) is 45.6 Å². The van der Waals surface area contributed by atoms with Gasteiger partial charge >= 0.3 is 5.97 Å². The van der Waals surface area contributed by atoms with Gasteiger partial charge in [0.25, 0.3) is 5.91 Å². The fraction of sp³-hybridized carbons (Fsp3) is 0.320. The first-order valence-corrected chi connectivity index (χ1v) is 11.3. The number of rotatable bonds is 6. The molecule has 1 aromatic heterocycles. The molecule has 1 amide bonds. The molecule has 0 aliphatic heterocycles. The molecular weight excluding hydrogens is 445 g/mol. The number of carbonyl (C=O) groups excluding carboxylic acids is 2. The molecule has 172 valence electrons. The van der Waals surface area contributed by atoms with E-state index in [2.05, 4.69) is 22.5 Å². The van der Waals surface area contributed by atoms with E-state index in [-0.39, 0.29) is 16.8 Å². The highest BCUT2D eigenvalue weighted by molar-refractivity contribution is 6.33. The summed E-state index contributed by atoms with van der Waals surface area (Å²) >= 11 is 6.34. The summed E-state index contributed by atoms with van der Waals surface area (Å²) in [6, 6.07) is 11.7. The second kappa shape index (κ2) is 9.75. The van der Waals surface area contributed by atoms with Crippen molar-refractivity contribution >= 4 is 23.5 Å². The molecule has 0 spiro atoms. The Labute approximate surface area is 196 Å². The highest BCUT2D eigenvalue weighted by atomic mass is 35.5. The summed E-state index contributed by atoms with van der Waals surface area (Å²) in [7, 11) is 0. The Balaban J connectivity index is 1.38. The number of nitrogens with zero attached hydrogens (tertiary/aromatic N) is 2. The summed E-state index contributed by atoms with van der Waals surface area (Å²) in [5.74, 6) is -1.55. The van der Waals surface area contributed by atoms with Crippen LogP contribution in [0.3, 0.4) is 0 Å². The van der Waals surface area contributed by atoms with Gasteiger partial charge in [-0.15, -0.1) is 0 Å². The fourth-order valence-corrected chi connectivity index (χ4v) is 4.43. The second-order valence-corrected chi connectivity index (χ2v) is 8.60. The van der Waals surface area contributed by atoms with Gasteiger partial charge in [0.2, 0.25) is 0 Å². The molecule has 0 saturated carbocycles. The molecule has 1 N–H and O–H groups in total. The van der Waals surface area contributed by atoms with Crippen LogP contribution in [-0.4, -0.2) is 28.3 Å². The zero-order valence-corrected chi connectivity index (χ0v) is 19.3. The average molecular weight is 470 g/mol. The van der Waals surface area contributed by atoms with Crippen LogP contribution in [0, 0.1) is 12.7 Å². The maximum absolute atomic E-state index is 13.2. The van der Waals surface area contributed by atoms with Crippen molar-refractivity contribution < 1.29 is 18.7 Å². The molecule has 1 atom stereocenters. The van der Waals surface area contributed by atoms with E-state index in [4.69, 9.17) is 16.3 Å². The average Bonchev–Trinajstić information content (AvgIpc) is 3.11. The number of aromatic nitrogens is 2. The highest BCUT2D eigenvalue weighted by Crippen LogP contribution is 2.26. The van der Waals surface area contributed by atoms with Crippen molar-refractivity contribution in [2.75, 3.05) is 6.61 Å². The molecule has 1 heterocycles. The van der Waals surface area contributed by atoms with E-state index in [1.165, 1.54) is 52.9 Å². The fourth-order valence-electron chi connectivity index (χ4n) is 4.08. The Bertz CT molecular complexity index is 1190. The Morgan fingerprint density at radius 3 is 2.58 bits per heavy atom. The van der Waals surface area contributed by atoms with Gasteiger partial charge in [0.05, 0.1) is 17.4 Å². The van der Waals surface area contributed by atoms with Crippen LogP contribution in [-0.2, 0) is 22.4 Å². The van der Waals surface area contributed by atoms with Crippen LogP contribution >= 0.6 is 11.6 Å². The van der Waals surface area contributed by atoms with Gasteiger partial charge in [-0.25, -0.2) is 13.9 Å². The van der Waals surface area contributed by atoms with Crippen molar-refractivity contribution in [3.05, 3.63) is 81.4 Å². The predicted molar refractivity (Wildman–Crippen MR) is 123 cm³/mol. The number of esters is 1. The third-order valence-electron chi connectivity index (χ3n) is 5.86. The van der Waals surface area contributed by atoms with Crippen LogP contribution in [0.2, 0.25) is 5.15 Å². The quantitative estimate of drug-likeness (QED) is 0.522. The molecule has 0 bridgehead atoms. The largest absolute Gasteiger partial charge is 0.452 e. The summed E-state index contributed by atoms with van der Waals surface area (Å²) in [6.07, 6.45) is 4.57. The molecule has 2 aromatic carbocycles. The molecule has 0 radical (unpaired) electrons. The standard InChI is InChI=1S/C25H25ClFN3O3/c1-15(18-8-7-17-5-3-4-6-19(17)13-18)28-22(31)14-33-25(32)23-16(2)29-30(24(23)26)21-11-9-20(27)10-12-21/h7-13,15H,3-6,14H2,1-2H3,(H,28,31)/t15-/m0/s1. The molecule has 0 unspecified atom stereocenters. The van der Waals surface area contributed by atoms with E-state index in [0.29, 0.717) is 11.4 Å². The first-order valence-electron chi connectivity index (χ1n) is 10.9. The number of aryl methyl sites for hydroxylation is 3. The molecule has 1 aliphatic rings. The van der Waals surface area contributed by atoms with Crippen LogP contribution in [0.5, 0.6) is 0 Å². The third kappa shape index (κ3) is 5.09. The Morgan fingerprint density at radius 1 is 1.15 bits per heavy atom. The van der Waals surface area contributed by atoms with Gasteiger partial charge in [0.15, 0.2) is 6.61 Å². The molecular formula is C25H25ClFN3O3. The van der Waals surface area contributed by atoms with Crippen LogP contribution in [0.1, 0.15) is 58.5 Å². The van der Waals surface area contributed by atoms with Gasteiger partial charge in [-0.3, -0.25) is 4.79 Å². The number of nitrogens with one attached hydrogen (secondary N) is 1. The van der Waals surface area contributed by atoms with Gasteiger partial charge in [0, 0.05) is 0 Å². The lowest BCUT2D eigenvalue weighted by Gasteiger charge is -2.20. The number of carbonyl (C=O) groups is 2. The van der Waals surface area contributed by atoms with E-state index in [1.807, 2.05) is 13.0 Å². The Morgan fingerprint density at radius 2 is 1.85 bits per heavy atom.